The molecule has 0 saturated heterocycles. The molecule has 6 nitrogen and oxygen atoms in total. The highest BCUT2D eigenvalue weighted by atomic mass is 16.5. The molecule has 1 N–H and O–H groups in total. The molecule has 0 bridgehead atoms. The lowest BCUT2D eigenvalue weighted by molar-refractivity contribution is -0.116. The van der Waals surface area contributed by atoms with Crippen molar-refractivity contribution in [1.82, 2.24) is 15.1 Å². The van der Waals surface area contributed by atoms with Gasteiger partial charge in [-0.15, -0.1) is 0 Å². The van der Waals surface area contributed by atoms with E-state index in [2.05, 4.69) is 12.2 Å². The Morgan fingerprint density at radius 3 is 2.70 bits per heavy atom. The Labute approximate surface area is 176 Å². The van der Waals surface area contributed by atoms with Crippen molar-refractivity contribution < 1.29 is 9.53 Å². The number of carbonyl (C=O) groups excluding carboxylic acids is 1. The summed E-state index contributed by atoms with van der Waals surface area (Å²) >= 11 is 0. The minimum atomic E-state index is -0.404. The number of likely N-dealkylation sites (N-methyl/N-ethyl adjacent to an activating group) is 1. The lowest BCUT2D eigenvalue weighted by atomic mass is 10.1. The first-order valence-corrected chi connectivity index (χ1v) is 9.94. The van der Waals surface area contributed by atoms with Gasteiger partial charge in [0, 0.05) is 23.9 Å². The van der Waals surface area contributed by atoms with Gasteiger partial charge in [-0.05, 0) is 43.7 Å². The van der Waals surface area contributed by atoms with E-state index in [4.69, 9.17) is 9.84 Å². The van der Waals surface area contributed by atoms with Crippen LogP contribution in [-0.2, 0) is 4.79 Å². The first kappa shape index (κ1) is 20.9. The summed E-state index contributed by atoms with van der Waals surface area (Å²) in [6.45, 7) is 4.95. The summed E-state index contributed by atoms with van der Waals surface area (Å²) in [5, 5.41) is 16.9. The Morgan fingerprint density at radius 2 is 2.00 bits per heavy atom. The monoisotopic (exact) mass is 400 g/mol. The molecule has 0 fully saturated rings. The van der Waals surface area contributed by atoms with Gasteiger partial charge in [-0.25, -0.2) is 4.68 Å². The maximum atomic E-state index is 12.2. The van der Waals surface area contributed by atoms with Gasteiger partial charge in [0.2, 0.25) is 0 Å². The van der Waals surface area contributed by atoms with Gasteiger partial charge >= 0.3 is 0 Å². The fraction of sp³-hybridized carbons (Fsp3) is 0.208. The van der Waals surface area contributed by atoms with Crippen molar-refractivity contribution in [1.29, 1.82) is 5.26 Å². The zero-order valence-corrected chi connectivity index (χ0v) is 17.1. The van der Waals surface area contributed by atoms with E-state index in [-0.39, 0.29) is 5.57 Å². The highest BCUT2D eigenvalue weighted by Crippen LogP contribution is 2.28. The molecule has 152 valence electrons. The number of rotatable bonds is 8. The van der Waals surface area contributed by atoms with Crippen molar-refractivity contribution in [3.63, 3.8) is 0 Å². The van der Waals surface area contributed by atoms with Crippen molar-refractivity contribution in [2.75, 3.05) is 13.2 Å². The average Bonchev–Trinajstić information content (AvgIpc) is 3.21. The molecule has 0 aliphatic carbocycles. The summed E-state index contributed by atoms with van der Waals surface area (Å²) in [6.07, 6.45) is 4.31. The number of hydrogen-bond acceptors (Lipinski definition) is 4. The van der Waals surface area contributed by atoms with E-state index < -0.39 is 5.91 Å². The molecular formula is C24H24N4O2. The smallest absolute Gasteiger partial charge is 0.261 e. The van der Waals surface area contributed by atoms with E-state index in [0.717, 1.165) is 23.4 Å². The van der Waals surface area contributed by atoms with E-state index in [9.17, 15) is 10.1 Å². The first-order chi connectivity index (χ1) is 14.7. The number of carbonyl (C=O) groups is 1. The Hall–Kier alpha value is -3.85. The first-order valence-electron chi connectivity index (χ1n) is 9.94. The SMILES string of the molecule is CCCOc1cccc(-c2nn(-c3ccccc3)cc2/C=C(/C#N)C(=O)NCC)c1. The number of amides is 1. The maximum absolute atomic E-state index is 12.2. The van der Waals surface area contributed by atoms with E-state index in [1.54, 1.807) is 10.8 Å². The van der Waals surface area contributed by atoms with Gasteiger partial charge in [-0.3, -0.25) is 4.79 Å². The molecule has 30 heavy (non-hydrogen) atoms. The van der Waals surface area contributed by atoms with Crippen LogP contribution in [0.2, 0.25) is 0 Å². The highest BCUT2D eigenvalue weighted by molar-refractivity contribution is 6.02. The zero-order valence-electron chi connectivity index (χ0n) is 17.1. The van der Waals surface area contributed by atoms with Crippen LogP contribution in [0.15, 0.2) is 66.4 Å². The minimum Gasteiger partial charge on any atom is -0.494 e. The van der Waals surface area contributed by atoms with Gasteiger partial charge in [0.1, 0.15) is 23.1 Å². The lowest BCUT2D eigenvalue weighted by Crippen LogP contribution is -2.23. The van der Waals surface area contributed by atoms with Crippen LogP contribution >= 0.6 is 0 Å². The average molecular weight is 400 g/mol. The molecule has 1 aromatic heterocycles. The van der Waals surface area contributed by atoms with Gasteiger partial charge in [-0.2, -0.15) is 10.4 Å². The van der Waals surface area contributed by atoms with Crippen molar-refractivity contribution >= 4 is 12.0 Å². The lowest BCUT2D eigenvalue weighted by Gasteiger charge is -2.06. The Kier molecular flexibility index (Phi) is 7.01. The molecule has 0 radical (unpaired) electrons. The third kappa shape index (κ3) is 4.95. The Bertz CT molecular complexity index is 1080. The molecule has 0 spiro atoms. The van der Waals surface area contributed by atoms with E-state index >= 15 is 0 Å². The normalized spacial score (nSPS) is 11.0. The number of nitrogens with zero attached hydrogens (tertiary/aromatic N) is 3. The molecule has 0 aliphatic heterocycles. The fourth-order valence-corrected chi connectivity index (χ4v) is 2.94. The largest absolute Gasteiger partial charge is 0.494 e. The Balaban J connectivity index is 2.10. The van der Waals surface area contributed by atoms with Crippen LogP contribution in [0, 0.1) is 11.3 Å². The number of nitrogens with one attached hydrogen (secondary N) is 1. The maximum Gasteiger partial charge on any atom is 0.261 e. The number of aromatic nitrogens is 2. The van der Waals surface area contributed by atoms with Gasteiger partial charge < -0.3 is 10.1 Å². The zero-order chi connectivity index (χ0) is 21.3. The Morgan fingerprint density at radius 1 is 1.20 bits per heavy atom. The predicted molar refractivity (Wildman–Crippen MR) is 117 cm³/mol. The van der Waals surface area contributed by atoms with Crippen molar-refractivity contribution in [3.8, 4) is 28.8 Å². The summed E-state index contributed by atoms with van der Waals surface area (Å²) in [5.74, 6) is 0.348. The number of ether oxygens (including phenoxy) is 1. The number of nitriles is 1. The van der Waals surface area contributed by atoms with Crippen molar-refractivity contribution in [2.45, 2.75) is 20.3 Å². The number of para-hydroxylation sites is 1. The molecule has 1 heterocycles. The van der Waals surface area contributed by atoms with Gasteiger partial charge in [0.25, 0.3) is 5.91 Å². The molecule has 0 saturated carbocycles. The van der Waals surface area contributed by atoms with E-state index in [0.29, 0.717) is 24.4 Å². The third-order valence-corrected chi connectivity index (χ3v) is 4.35. The van der Waals surface area contributed by atoms with Gasteiger partial charge in [0.15, 0.2) is 0 Å². The van der Waals surface area contributed by atoms with Crippen LogP contribution in [-0.4, -0.2) is 28.8 Å². The number of benzene rings is 2. The topological polar surface area (TPSA) is 79.9 Å². The van der Waals surface area contributed by atoms with Gasteiger partial charge in [0.05, 0.1) is 12.3 Å². The van der Waals surface area contributed by atoms with Crippen LogP contribution in [0.4, 0.5) is 0 Å². The molecule has 3 aromatic rings. The molecule has 0 aliphatic rings. The van der Waals surface area contributed by atoms with Crippen molar-refractivity contribution in [3.05, 3.63) is 71.9 Å². The van der Waals surface area contributed by atoms with Crippen LogP contribution in [0.5, 0.6) is 5.75 Å². The predicted octanol–water partition coefficient (Wildman–Crippen LogP) is 4.37. The van der Waals surface area contributed by atoms with Crippen LogP contribution in [0.1, 0.15) is 25.8 Å². The second-order valence-electron chi connectivity index (χ2n) is 6.62. The summed E-state index contributed by atoms with van der Waals surface area (Å²) in [5.41, 5.74) is 3.10. The summed E-state index contributed by atoms with van der Waals surface area (Å²) in [6, 6.07) is 19.3. The summed E-state index contributed by atoms with van der Waals surface area (Å²) in [7, 11) is 0. The molecule has 3 rings (SSSR count). The van der Waals surface area contributed by atoms with Crippen LogP contribution in [0.25, 0.3) is 23.0 Å². The fourth-order valence-electron chi connectivity index (χ4n) is 2.94. The van der Waals surface area contributed by atoms with Crippen LogP contribution in [0.3, 0.4) is 0 Å². The second-order valence-corrected chi connectivity index (χ2v) is 6.62. The second kappa shape index (κ2) is 10.1. The minimum absolute atomic E-state index is 0.0316. The van der Waals surface area contributed by atoms with E-state index in [1.165, 1.54) is 0 Å². The summed E-state index contributed by atoms with van der Waals surface area (Å²) in [4.78, 5) is 12.2. The van der Waals surface area contributed by atoms with Crippen LogP contribution < -0.4 is 10.1 Å². The number of hydrogen-bond donors (Lipinski definition) is 1. The molecule has 0 unspecified atom stereocenters. The van der Waals surface area contributed by atoms with Crippen molar-refractivity contribution in [2.24, 2.45) is 0 Å². The molecule has 2 aromatic carbocycles. The molecular weight excluding hydrogens is 376 g/mol. The quantitative estimate of drug-likeness (QED) is 0.450. The van der Waals surface area contributed by atoms with Gasteiger partial charge in [-0.1, -0.05) is 37.3 Å². The highest BCUT2D eigenvalue weighted by Gasteiger charge is 2.15. The standard InChI is InChI=1S/C24H24N4O2/c1-3-13-30-22-12-8-9-18(15-22)23-20(14-19(16-25)24(29)26-4-2)17-28(27-23)21-10-6-5-7-11-21/h5-12,14-15,17H,3-4,13H2,1-2H3,(H,26,29)/b19-14-. The third-order valence-electron chi connectivity index (χ3n) is 4.35. The molecule has 6 heteroatoms. The molecule has 0 atom stereocenters. The van der Waals surface area contributed by atoms with E-state index in [1.807, 2.05) is 73.8 Å². The molecule has 1 amide bonds. The summed E-state index contributed by atoms with van der Waals surface area (Å²) < 4.78 is 7.50.